The van der Waals surface area contributed by atoms with Crippen LogP contribution in [0, 0.1) is 11.3 Å². The summed E-state index contributed by atoms with van der Waals surface area (Å²) in [6.45, 7) is 1.94. The van der Waals surface area contributed by atoms with Crippen LogP contribution >= 0.6 is 11.6 Å². The monoisotopic (exact) mass is 250 g/mol. The first-order valence-electron chi connectivity index (χ1n) is 5.57. The summed E-state index contributed by atoms with van der Waals surface area (Å²) in [5.41, 5.74) is 0.804. The normalized spacial score (nSPS) is 11.6. The van der Waals surface area contributed by atoms with E-state index < -0.39 is 0 Å². The number of carbonyl (C=O) groups is 1. The summed E-state index contributed by atoms with van der Waals surface area (Å²) in [6, 6.07) is 9.25. The second-order valence-electron chi connectivity index (χ2n) is 3.80. The largest absolute Gasteiger partial charge is 0.352 e. The third-order valence-electron chi connectivity index (χ3n) is 2.50. The van der Waals surface area contributed by atoms with Gasteiger partial charge in [-0.15, -0.1) is 0 Å². The fourth-order valence-corrected chi connectivity index (χ4v) is 1.70. The lowest BCUT2D eigenvalue weighted by atomic mass is 10.1. The van der Waals surface area contributed by atoms with E-state index in [1.165, 1.54) is 0 Å². The molecule has 3 nitrogen and oxygen atoms in total. The van der Waals surface area contributed by atoms with Gasteiger partial charge in [-0.25, -0.2) is 0 Å². The quantitative estimate of drug-likeness (QED) is 0.874. The summed E-state index contributed by atoms with van der Waals surface area (Å²) in [7, 11) is 0. The molecule has 0 aliphatic heterocycles. The minimum absolute atomic E-state index is 0.0741. The van der Waals surface area contributed by atoms with Gasteiger partial charge in [-0.2, -0.15) is 5.26 Å². The number of amides is 1. The first-order valence-corrected chi connectivity index (χ1v) is 5.94. The first-order chi connectivity index (χ1) is 8.17. The summed E-state index contributed by atoms with van der Waals surface area (Å²) < 4.78 is 0. The third-order valence-corrected chi connectivity index (χ3v) is 2.87. The highest BCUT2D eigenvalue weighted by molar-refractivity contribution is 6.31. The van der Waals surface area contributed by atoms with Crippen LogP contribution in [0.5, 0.6) is 0 Å². The molecule has 0 saturated heterocycles. The highest BCUT2D eigenvalue weighted by Crippen LogP contribution is 2.15. The standard InChI is InChI=1S/C13H15ClN2O/c1-2-11(7-8-15)16-13(17)9-10-5-3-4-6-12(10)14/h3-6,11H,2,7,9H2,1H3,(H,16,17). The molecule has 0 spiro atoms. The number of nitriles is 1. The molecule has 0 radical (unpaired) electrons. The molecule has 1 aromatic carbocycles. The Morgan fingerprint density at radius 1 is 1.53 bits per heavy atom. The van der Waals surface area contributed by atoms with Gasteiger partial charge in [0.05, 0.1) is 18.9 Å². The molecule has 1 aromatic rings. The molecule has 0 fully saturated rings. The van der Waals surface area contributed by atoms with Crippen molar-refractivity contribution < 1.29 is 4.79 Å². The van der Waals surface area contributed by atoms with Gasteiger partial charge in [0.25, 0.3) is 0 Å². The molecule has 4 heteroatoms. The van der Waals surface area contributed by atoms with Gasteiger partial charge < -0.3 is 5.32 Å². The van der Waals surface area contributed by atoms with Crippen LogP contribution in [0.4, 0.5) is 0 Å². The maximum atomic E-state index is 11.7. The second kappa shape index (κ2) is 6.93. The highest BCUT2D eigenvalue weighted by atomic mass is 35.5. The number of halogens is 1. The molecule has 17 heavy (non-hydrogen) atoms. The minimum atomic E-state index is -0.0970. The molecule has 1 atom stereocenters. The molecule has 0 aromatic heterocycles. The fraction of sp³-hybridized carbons (Fsp3) is 0.385. The van der Waals surface area contributed by atoms with Gasteiger partial charge in [0.1, 0.15) is 0 Å². The molecule has 1 amide bonds. The van der Waals surface area contributed by atoms with Crippen molar-refractivity contribution in [1.29, 1.82) is 5.26 Å². The Bertz CT molecular complexity index is 426. The Kier molecular flexibility index (Phi) is 5.51. The van der Waals surface area contributed by atoms with E-state index in [-0.39, 0.29) is 18.4 Å². The van der Waals surface area contributed by atoms with Gasteiger partial charge in [0, 0.05) is 11.1 Å². The van der Waals surface area contributed by atoms with Crippen LogP contribution in [0.1, 0.15) is 25.3 Å². The Morgan fingerprint density at radius 2 is 2.24 bits per heavy atom. The molecule has 1 N–H and O–H groups in total. The van der Waals surface area contributed by atoms with E-state index in [2.05, 4.69) is 11.4 Å². The van der Waals surface area contributed by atoms with Crippen LogP contribution < -0.4 is 5.32 Å². The number of carbonyl (C=O) groups excluding carboxylic acids is 1. The molecule has 90 valence electrons. The summed E-state index contributed by atoms with van der Waals surface area (Å²) in [4.78, 5) is 11.7. The third kappa shape index (κ3) is 4.46. The van der Waals surface area contributed by atoms with Crippen LogP contribution in [0.15, 0.2) is 24.3 Å². The van der Waals surface area contributed by atoms with Gasteiger partial charge in [-0.05, 0) is 18.1 Å². The van der Waals surface area contributed by atoms with E-state index in [0.29, 0.717) is 11.4 Å². The predicted molar refractivity (Wildman–Crippen MR) is 67.6 cm³/mol. The molecule has 1 rings (SSSR count). The van der Waals surface area contributed by atoms with Crippen LogP contribution in [0.3, 0.4) is 0 Å². The van der Waals surface area contributed by atoms with Crippen molar-refractivity contribution in [1.82, 2.24) is 5.32 Å². The average Bonchev–Trinajstić information content (AvgIpc) is 2.31. The number of rotatable bonds is 5. The predicted octanol–water partition coefficient (Wildman–Crippen LogP) is 2.69. The zero-order valence-corrected chi connectivity index (χ0v) is 10.5. The van der Waals surface area contributed by atoms with Gasteiger partial charge in [-0.3, -0.25) is 4.79 Å². The van der Waals surface area contributed by atoms with Gasteiger partial charge in [0.15, 0.2) is 0 Å². The molecule has 0 aliphatic rings. The second-order valence-corrected chi connectivity index (χ2v) is 4.21. The topological polar surface area (TPSA) is 52.9 Å². The van der Waals surface area contributed by atoms with Crippen LogP contribution in [-0.4, -0.2) is 11.9 Å². The maximum Gasteiger partial charge on any atom is 0.224 e. The molecular weight excluding hydrogens is 236 g/mol. The summed E-state index contributed by atoms with van der Waals surface area (Å²) in [6.07, 6.45) is 1.34. The average molecular weight is 251 g/mol. The smallest absolute Gasteiger partial charge is 0.224 e. The molecule has 0 aliphatic carbocycles. The lowest BCUT2D eigenvalue weighted by molar-refractivity contribution is -0.121. The van der Waals surface area contributed by atoms with Crippen molar-refractivity contribution in [2.24, 2.45) is 0 Å². The molecule has 0 bridgehead atoms. The number of nitrogens with one attached hydrogen (secondary N) is 1. The van der Waals surface area contributed by atoms with E-state index in [1.807, 2.05) is 25.1 Å². The van der Waals surface area contributed by atoms with Crippen molar-refractivity contribution in [2.45, 2.75) is 32.2 Å². The Morgan fingerprint density at radius 3 is 2.82 bits per heavy atom. The zero-order chi connectivity index (χ0) is 12.7. The summed E-state index contributed by atoms with van der Waals surface area (Å²) in [5, 5.41) is 12.0. The van der Waals surface area contributed by atoms with Crippen LogP contribution in [-0.2, 0) is 11.2 Å². The van der Waals surface area contributed by atoms with Crippen LogP contribution in [0.25, 0.3) is 0 Å². The lowest BCUT2D eigenvalue weighted by Crippen LogP contribution is -2.35. The molecule has 1 unspecified atom stereocenters. The first kappa shape index (κ1) is 13.5. The Balaban J connectivity index is 2.56. The molecule has 0 saturated carbocycles. The zero-order valence-electron chi connectivity index (χ0n) is 9.74. The van der Waals surface area contributed by atoms with Crippen LogP contribution in [0.2, 0.25) is 5.02 Å². The number of nitrogens with zero attached hydrogens (tertiary/aromatic N) is 1. The highest BCUT2D eigenvalue weighted by Gasteiger charge is 2.11. The lowest BCUT2D eigenvalue weighted by Gasteiger charge is -2.13. The van der Waals surface area contributed by atoms with Crippen molar-refractivity contribution in [3.8, 4) is 6.07 Å². The van der Waals surface area contributed by atoms with Crippen molar-refractivity contribution in [2.75, 3.05) is 0 Å². The van der Waals surface area contributed by atoms with Crippen molar-refractivity contribution in [3.05, 3.63) is 34.9 Å². The number of hydrogen-bond acceptors (Lipinski definition) is 2. The summed E-state index contributed by atoms with van der Waals surface area (Å²) in [5.74, 6) is -0.0970. The van der Waals surface area contributed by atoms with E-state index in [9.17, 15) is 4.79 Å². The number of hydrogen-bond donors (Lipinski definition) is 1. The van der Waals surface area contributed by atoms with Gasteiger partial charge in [-0.1, -0.05) is 36.7 Å². The number of benzene rings is 1. The Labute approximate surface area is 106 Å². The Hall–Kier alpha value is -1.53. The van der Waals surface area contributed by atoms with Gasteiger partial charge >= 0.3 is 0 Å². The fourth-order valence-electron chi connectivity index (χ4n) is 1.50. The summed E-state index contributed by atoms with van der Waals surface area (Å²) >= 11 is 5.97. The van der Waals surface area contributed by atoms with Crippen molar-refractivity contribution >= 4 is 17.5 Å². The van der Waals surface area contributed by atoms with E-state index in [4.69, 9.17) is 16.9 Å². The van der Waals surface area contributed by atoms with E-state index in [1.54, 1.807) is 6.07 Å². The van der Waals surface area contributed by atoms with E-state index >= 15 is 0 Å². The molecular formula is C13H15ClN2O. The van der Waals surface area contributed by atoms with Crippen molar-refractivity contribution in [3.63, 3.8) is 0 Å². The van der Waals surface area contributed by atoms with E-state index in [0.717, 1.165) is 12.0 Å². The minimum Gasteiger partial charge on any atom is -0.352 e. The maximum absolute atomic E-state index is 11.7. The SMILES string of the molecule is CCC(CC#N)NC(=O)Cc1ccccc1Cl. The van der Waals surface area contributed by atoms with Gasteiger partial charge in [0.2, 0.25) is 5.91 Å². The molecule has 0 heterocycles.